The van der Waals surface area contributed by atoms with Crippen molar-refractivity contribution >= 4 is 33.2 Å². The molecule has 0 aliphatic rings. The van der Waals surface area contributed by atoms with Crippen molar-refractivity contribution in [3.8, 4) is 0 Å². The van der Waals surface area contributed by atoms with Crippen molar-refractivity contribution in [2.45, 2.75) is 13.0 Å². The van der Waals surface area contributed by atoms with Crippen LogP contribution in [-0.2, 0) is 0 Å². The van der Waals surface area contributed by atoms with E-state index in [-0.39, 0.29) is 11.9 Å². The van der Waals surface area contributed by atoms with Crippen molar-refractivity contribution in [3.05, 3.63) is 56.7 Å². The van der Waals surface area contributed by atoms with Gasteiger partial charge in [-0.1, -0.05) is 18.2 Å². The molecule has 0 saturated heterocycles. The van der Waals surface area contributed by atoms with E-state index in [2.05, 4.69) is 21.2 Å². The molecule has 1 atom stereocenters. The number of carbonyl (C=O) groups excluding carboxylic acids is 1. The standard InChI is InChI=1S/C13H12BrNOS/c1-9(12-7-4-8-17-12)15-13(16)10-5-2-3-6-11(10)14/h2-9H,1H3,(H,15,16). The van der Waals surface area contributed by atoms with Crippen LogP contribution in [0.4, 0.5) is 0 Å². The van der Waals surface area contributed by atoms with Gasteiger partial charge in [0.05, 0.1) is 11.6 Å². The topological polar surface area (TPSA) is 29.1 Å². The van der Waals surface area contributed by atoms with E-state index in [1.54, 1.807) is 17.4 Å². The summed E-state index contributed by atoms with van der Waals surface area (Å²) in [6.07, 6.45) is 0. The summed E-state index contributed by atoms with van der Waals surface area (Å²) in [5, 5.41) is 4.99. The number of rotatable bonds is 3. The third kappa shape index (κ3) is 2.96. The Bertz CT molecular complexity index is 510. The number of amides is 1. The third-order valence-corrected chi connectivity index (χ3v) is 4.18. The fourth-order valence-electron chi connectivity index (χ4n) is 1.53. The molecule has 2 aromatic rings. The number of carbonyl (C=O) groups is 1. The molecule has 0 spiro atoms. The summed E-state index contributed by atoms with van der Waals surface area (Å²) < 4.78 is 0.816. The molecule has 0 saturated carbocycles. The van der Waals surface area contributed by atoms with E-state index in [0.717, 1.165) is 9.35 Å². The minimum absolute atomic E-state index is 0.0367. The molecular formula is C13H12BrNOS. The van der Waals surface area contributed by atoms with Gasteiger partial charge in [0.1, 0.15) is 0 Å². The second-order valence-corrected chi connectivity index (χ2v) is 5.52. The van der Waals surface area contributed by atoms with Crippen LogP contribution < -0.4 is 5.32 Å². The molecule has 88 valence electrons. The average molecular weight is 310 g/mol. The molecule has 1 aromatic carbocycles. The van der Waals surface area contributed by atoms with E-state index in [0.29, 0.717) is 5.56 Å². The van der Waals surface area contributed by atoms with Gasteiger partial charge in [-0.25, -0.2) is 0 Å². The molecule has 2 nitrogen and oxygen atoms in total. The van der Waals surface area contributed by atoms with Gasteiger partial charge in [-0.15, -0.1) is 11.3 Å². The summed E-state index contributed by atoms with van der Waals surface area (Å²) >= 11 is 5.02. The fourth-order valence-corrected chi connectivity index (χ4v) is 2.73. The average Bonchev–Trinajstić information content (AvgIpc) is 2.82. The van der Waals surface area contributed by atoms with Crippen molar-refractivity contribution in [2.24, 2.45) is 0 Å². The van der Waals surface area contributed by atoms with Gasteiger partial charge >= 0.3 is 0 Å². The Kier molecular flexibility index (Phi) is 3.97. The largest absolute Gasteiger partial charge is 0.345 e. The van der Waals surface area contributed by atoms with Crippen molar-refractivity contribution in [3.63, 3.8) is 0 Å². The first kappa shape index (κ1) is 12.3. The molecule has 17 heavy (non-hydrogen) atoms. The Balaban J connectivity index is 2.10. The maximum Gasteiger partial charge on any atom is 0.252 e. The van der Waals surface area contributed by atoms with E-state index in [4.69, 9.17) is 0 Å². The van der Waals surface area contributed by atoms with Crippen LogP contribution in [0.1, 0.15) is 28.2 Å². The highest BCUT2D eigenvalue weighted by molar-refractivity contribution is 9.10. The van der Waals surface area contributed by atoms with Gasteiger partial charge in [0.25, 0.3) is 5.91 Å². The maximum absolute atomic E-state index is 12.0. The van der Waals surface area contributed by atoms with Crippen molar-refractivity contribution in [1.29, 1.82) is 0 Å². The van der Waals surface area contributed by atoms with E-state index in [9.17, 15) is 4.79 Å². The number of benzene rings is 1. The number of thiophene rings is 1. The lowest BCUT2D eigenvalue weighted by Crippen LogP contribution is -2.26. The monoisotopic (exact) mass is 309 g/mol. The zero-order valence-corrected chi connectivity index (χ0v) is 11.7. The predicted molar refractivity (Wildman–Crippen MR) is 74.3 cm³/mol. The Morgan fingerprint density at radius 3 is 2.71 bits per heavy atom. The first-order valence-electron chi connectivity index (χ1n) is 5.27. The molecule has 0 radical (unpaired) electrons. The Labute approximate surface area is 113 Å². The van der Waals surface area contributed by atoms with Gasteiger partial charge in [-0.3, -0.25) is 4.79 Å². The molecule has 1 heterocycles. The maximum atomic E-state index is 12.0. The smallest absolute Gasteiger partial charge is 0.252 e. The number of nitrogens with one attached hydrogen (secondary N) is 1. The van der Waals surface area contributed by atoms with Gasteiger partial charge in [0.2, 0.25) is 0 Å². The lowest BCUT2D eigenvalue weighted by Gasteiger charge is -2.12. The van der Waals surface area contributed by atoms with Crippen LogP contribution in [0.5, 0.6) is 0 Å². The van der Waals surface area contributed by atoms with E-state index in [1.807, 2.05) is 42.6 Å². The molecule has 1 aromatic heterocycles. The lowest BCUT2D eigenvalue weighted by atomic mass is 10.2. The van der Waals surface area contributed by atoms with Crippen molar-refractivity contribution in [2.75, 3.05) is 0 Å². The summed E-state index contributed by atoms with van der Waals surface area (Å²) in [5.74, 6) is -0.0571. The fraction of sp³-hybridized carbons (Fsp3) is 0.154. The minimum Gasteiger partial charge on any atom is -0.345 e. The third-order valence-electron chi connectivity index (χ3n) is 2.44. The number of hydrogen-bond donors (Lipinski definition) is 1. The highest BCUT2D eigenvalue weighted by Crippen LogP contribution is 2.20. The first-order chi connectivity index (χ1) is 8.18. The highest BCUT2D eigenvalue weighted by Gasteiger charge is 2.13. The summed E-state index contributed by atoms with van der Waals surface area (Å²) in [7, 11) is 0. The van der Waals surface area contributed by atoms with E-state index >= 15 is 0 Å². The molecule has 1 unspecified atom stereocenters. The Hall–Kier alpha value is -1.13. The SMILES string of the molecule is CC(NC(=O)c1ccccc1Br)c1cccs1. The van der Waals surface area contributed by atoms with Gasteiger partial charge < -0.3 is 5.32 Å². The first-order valence-corrected chi connectivity index (χ1v) is 6.94. The molecule has 1 amide bonds. The molecule has 0 aliphatic carbocycles. The predicted octanol–water partition coefficient (Wildman–Crippen LogP) is 4.00. The summed E-state index contributed by atoms with van der Waals surface area (Å²) in [6.45, 7) is 1.99. The summed E-state index contributed by atoms with van der Waals surface area (Å²) in [4.78, 5) is 13.2. The molecule has 0 fully saturated rings. The van der Waals surface area contributed by atoms with Crippen LogP contribution in [0, 0.1) is 0 Å². The zero-order chi connectivity index (χ0) is 12.3. The second kappa shape index (κ2) is 5.47. The van der Waals surface area contributed by atoms with E-state index in [1.165, 1.54) is 0 Å². The molecule has 4 heteroatoms. The van der Waals surface area contributed by atoms with Crippen LogP contribution in [0.25, 0.3) is 0 Å². The summed E-state index contributed by atoms with van der Waals surface area (Å²) in [6, 6.07) is 11.5. The molecule has 0 bridgehead atoms. The summed E-state index contributed by atoms with van der Waals surface area (Å²) in [5.41, 5.74) is 0.663. The van der Waals surface area contributed by atoms with Crippen LogP contribution in [0.15, 0.2) is 46.3 Å². The number of hydrogen-bond acceptors (Lipinski definition) is 2. The molecular weight excluding hydrogens is 298 g/mol. The minimum atomic E-state index is -0.0571. The van der Waals surface area contributed by atoms with Crippen LogP contribution in [0.3, 0.4) is 0 Å². The van der Waals surface area contributed by atoms with Crippen molar-refractivity contribution in [1.82, 2.24) is 5.32 Å². The second-order valence-electron chi connectivity index (χ2n) is 3.69. The molecule has 2 rings (SSSR count). The van der Waals surface area contributed by atoms with Crippen LogP contribution in [0.2, 0.25) is 0 Å². The molecule has 1 N–H and O–H groups in total. The van der Waals surface area contributed by atoms with Gasteiger partial charge in [0, 0.05) is 9.35 Å². The van der Waals surface area contributed by atoms with Crippen LogP contribution in [-0.4, -0.2) is 5.91 Å². The van der Waals surface area contributed by atoms with Gasteiger partial charge in [0.15, 0.2) is 0 Å². The van der Waals surface area contributed by atoms with Crippen molar-refractivity contribution < 1.29 is 4.79 Å². The lowest BCUT2D eigenvalue weighted by molar-refractivity contribution is 0.0939. The Morgan fingerprint density at radius 2 is 2.06 bits per heavy atom. The highest BCUT2D eigenvalue weighted by atomic mass is 79.9. The normalized spacial score (nSPS) is 12.1. The Morgan fingerprint density at radius 1 is 1.29 bits per heavy atom. The van der Waals surface area contributed by atoms with Gasteiger partial charge in [-0.05, 0) is 46.4 Å². The number of halogens is 1. The zero-order valence-electron chi connectivity index (χ0n) is 9.31. The van der Waals surface area contributed by atoms with Gasteiger partial charge in [-0.2, -0.15) is 0 Å². The quantitative estimate of drug-likeness (QED) is 0.912. The molecule has 0 aliphatic heterocycles. The van der Waals surface area contributed by atoms with Crippen LogP contribution >= 0.6 is 27.3 Å². The van der Waals surface area contributed by atoms with E-state index < -0.39 is 0 Å².